The smallest absolute Gasteiger partial charge is 0.220 e. The second-order valence-electron chi connectivity index (χ2n) is 23.2. The molecule has 0 aromatic carbocycles. The largest absolute Gasteiger partial charge is 0.394 e. The number of amides is 1. The van der Waals surface area contributed by atoms with E-state index in [1.165, 1.54) is 340 Å². The van der Waals surface area contributed by atoms with Gasteiger partial charge < -0.3 is 15.5 Å². The first-order valence-electron chi connectivity index (χ1n) is 33.6. The summed E-state index contributed by atoms with van der Waals surface area (Å²) in [6, 6.07) is -0.621. The molecule has 0 fully saturated rings. The zero-order chi connectivity index (χ0) is 52.0. The number of aliphatic hydroxyl groups excluding tert-OH is 2. The maximum atomic E-state index is 12.5. The lowest BCUT2D eigenvalue weighted by molar-refractivity contribution is -0.123. The molecule has 0 aromatic heterocycles. The maximum absolute atomic E-state index is 12.5. The Labute approximate surface area is 453 Å². The first-order chi connectivity index (χ1) is 35.7. The molecule has 0 aliphatic heterocycles. The lowest BCUT2D eigenvalue weighted by Gasteiger charge is -2.20. The molecule has 72 heavy (non-hydrogen) atoms. The average Bonchev–Trinajstić information content (AvgIpc) is 3.39. The standard InChI is InChI=1S/C68H133NO3/c1-3-5-7-9-11-13-15-17-19-21-23-25-27-29-31-33-34-36-37-39-41-43-45-47-49-51-53-55-57-59-61-63-67(71)66(65-70)69-68(72)64-62-60-58-56-54-52-50-48-46-44-42-40-38-35-32-30-28-26-24-22-20-18-16-14-12-10-8-6-4-2/h22,24,61,63,66-67,70-71H,3-21,23,25-60,62,64-65H2,1-2H3,(H,69,72)/b24-22-,63-61+. The molecule has 2 atom stereocenters. The molecule has 0 spiro atoms. The number of carbonyl (C=O) groups excluding carboxylic acids is 1. The van der Waals surface area contributed by atoms with Crippen molar-refractivity contribution < 1.29 is 15.0 Å². The number of rotatable bonds is 63. The van der Waals surface area contributed by atoms with Crippen molar-refractivity contribution in [3.63, 3.8) is 0 Å². The number of unbranched alkanes of at least 4 members (excludes halogenated alkanes) is 54. The van der Waals surface area contributed by atoms with E-state index >= 15 is 0 Å². The summed E-state index contributed by atoms with van der Waals surface area (Å²) in [7, 11) is 0. The third-order valence-corrected chi connectivity index (χ3v) is 15.9. The van der Waals surface area contributed by atoms with Gasteiger partial charge in [0.2, 0.25) is 5.91 Å². The summed E-state index contributed by atoms with van der Waals surface area (Å²) in [6.45, 7) is 4.36. The van der Waals surface area contributed by atoms with E-state index in [2.05, 4.69) is 31.3 Å². The van der Waals surface area contributed by atoms with Crippen LogP contribution in [0.2, 0.25) is 0 Å². The Balaban J connectivity index is 3.42. The zero-order valence-corrected chi connectivity index (χ0v) is 49.5. The van der Waals surface area contributed by atoms with Crippen molar-refractivity contribution in [3.05, 3.63) is 24.3 Å². The number of nitrogens with one attached hydrogen (secondary N) is 1. The van der Waals surface area contributed by atoms with Crippen LogP contribution in [-0.4, -0.2) is 34.9 Å². The fourth-order valence-electron chi connectivity index (χ4n) is 10.8. The normalized spacial score (nSPS) is 12.8. The molecular weight excluding hydrogens is 879 g/mol. The second kappa shape index (κ2) is 64.2. The molecule has 0 rings (SSSR count). The highest BCUT2D eigenvalue weighted by Crippen LogP contribution is 2.19. The summed E-state index contributed by atoms with van der Waals surface area (Å²) >= 11 is 0. The predicted molar refractivity (Wildman–Crippen MR) is 322 cm³/mol. The fourth-order valence-corrected chi connectivity index (χ4v) is 10.8. The molecular formula is C68H133NO3. The van der Waals surface area contributed by atoms with Crippen LogP contribution in [0.5, 0.6) is 0 Å². The van der Waals surface area contributed by atoms with Crippen LogP contribution in [0, 0.1) is 0 Å². The predicted octanol–water partition coefficient (Wildman–Crippen LogP) is 22.6. The van der Waals surface area contributed by atoms with Crippen molar-refractivity contribution in [2.75, 3.05) is 6.61 Å². The fraction of sp³-hybridized carbons (Fsp3) is 0.926. The Bertz CT molecular complexity index is 1060. The Morgan fingerprint density at radius 2 is 0.528 bits per heavy atom. The maximum Gasteiger partial charge on any atom is 0.220 e. The molecule has 0 saturated heterocycles. The van der Waals surface area contributed by atoms with E-state index in [1.807, 2.05) is 6.08 Å². The Morgan fingerprint density at radius 1 is 0.319 bits per heavy atom. The molecule has 428 valence electrons. The Hall–Kier alpha value is -1.13. The first kappa shape index (κ1) is 70.9. The summed E-state index contributed by atoms with van der Waals surface area (Å²) in [5.74, 6) is -0.0555. The third kappa shape index (κ3) is 59.7. The van der Waals surface area contributed by atoms with Crippen LogP contribution in [0.1, 0.15) is 386 Å². The number of hydrogen-bond acceptors (Lipinski definition) is 3. The summed E-state index contributed by atoms with van der Waals surface area (Å²) in [5, 5.41) is 23.3. The first-order valence-corrected chi connectivity index (χ1v) is 33.6. The van der Waals surface area contributed by atoms with E-state index in [9.17, 15) is 15.0 Å². The van der Waals surface area contributed by atoms with E-state index < -0.39 is 12.1 Å². The van der Waals surface area contributed by atoms with Gasteiger partial charge in [-0.15, -0.1) is 0 Å². The minimum Gasteiger partial charge on any atom is -0.394 e. The molecule has 3 N–H and O–H groups in total. The van der Waals surface area contributed by atoms with Crippen LogP contribution in [0.25, 0.3) is 0 Å². The van der Waals surface area contributed by atoms with Crippen LogP contribution in [0.3, 0.4) is 0 Å². The van der Waals surface area contributed by atoms with E-state index in [4.69, 9.17) is 0 Å². The highest BCUT2D eigenvalue weighted by molar-refractivity contribution is 5.76. The topological polar surface area (TPSA) is 69.6 Å². The van der Waals surface area contributed by atoms with Gasteiger partial charge in [-0.2, -0.15) is 0 Å². The summed E-state index contributed by atoms with van der Waals surface area (Å²) < 4.78 is 0. The van der Waals surface area contributed by atoms with Crippen LogP contribution in [0.4, 0.5) is 0 Å². The summed E-state index contributed by atoms with van der Waals surface area (Å²) in [5.41, 5.74) is 0. The van der Waals surface area contributed by atoms with Crippen molar-refractivity contribution >= 4 is 5.91 Å². The molecule has 4 nitrogen and oxygen atoms in total. The van der Waals surface area contributed by atoms with Gasteiger partial charge in [0, 0.05) is 6.42 Å². The van der Waals surface area contributed by atoms with Gasteiger partial charge in [-0.25, -0.2) is 0 Å². The summed E-state index contributed by atoms with van der Waals surface area (Å²) in [4.78, 5) is 12.5. The van der Waals surface area contributed by atoms with E-state index in [1.54, 1.807) is 6.08 Å². The second-order valence-corrected chi connectivity index (χ2v) is 23.2. The number of allylic oxidation sites excluding steroid dienone is 3. The molecule has 0 heterocycles. The molecule has 0 aliphatic rings. The molecule has 0 aliphatic carbocycles. The highest BCUT2D eigenvalue weighted by Gasteiger charge is 2.18. The summed E-state index contributed by atoms with van der Waals surface area (Å²) in [6.07, 6.45) is 86.8. The van der Waals surface area contributed by atoms with Crippen LogP contribution in [0.15, 0.2) is 24.3 Å². The van der Waals surface area contributed by atoms with Gasteiger partial charge in [-0.3, -0.25) is 4.79 Å². The van der Waals surface area contributed by atoms with Gasteiger partial charge in [0.05, 0.1) is 18.8 Å². The monoisotopic (exact) mass is 1010 g/mol. The highest BCUT2D eigenvalue weighted by atomic mass is 16.3. The Kier molecular flexibility index (Phi) is 63.2. The van der Waals surface area contributed by atoms with Gasteiger partial charge in [0.25, 0.3) is 0 Å². The quantitative estimate of drug-likeness (QED) is 0.0420. The van der Waals surface area contributed by atoms with Gasteiger partial charge in [-0.1, -0.05) is 359 Å². The van der Waals surface area contributed by atoms with Crippen molar-refractivity contribution in [3.8, 4) is 0 Å². The molecule has 1 amide bonds. The molecule has 0 saturated carbocycles. The van der Waals surface area contributed by atoms with Crippen LogP contribution in [-0.2, 0) is 4.79 Å². The van der Waals surface area contributed by atoms with Gasteiger partial charge >= 0.3 is 0 Å². The SMILES string of the molecule is CCCCCCCCCC/C=C\CCCCCCCCCCCCCCCCCCCC(=O)NC(CO)C(O)/C=C/CCCCCCCCCCCCCCCCCCCCCCCCCCCCCCC. The number of aliphatic hydroxyl groups is 2. The van der Waals surface area contributed by atoms with Crippen LogP contribution < -0.4 is 5.32 Å². The van der Waals surface area contributed by atoms with Gasteiger partial charge in [0.15, 0.2) is 0 Å². The lowest BCUT2D eigenvalue weighted by atomic mass is 10.0. The molecule has 0 aromatic rings. The number of carbonyl (C=O) groups is 1. The van der Waals surface area contributed by atoms with Crippen LogP contribution >= 0.6 is 0 Å². The van der Waals surface area contributed by atoms with Crippen molar-refractivity contribution in [2.45, 2.75) is 398 Å². The lowest BCUT2D eigenvalue weighted by Crippen LogP contribution is -2.45. The van der Waals surface area contributed by atoms with E-state index in [-0.39, 0.29) is 12.5 Å². The average molecular weight is 1010 g/mol. The van der Waals surface area contributed by atoms with Crippen molar-refractivity contribution in [1.82, 2.24) is 5.32 Å². The van der Waals surface area contributed by atoms with Gasteiger partial charge in [-0.05, 0) is 44.9 Å². The molecule has 2 unspecified atom stereocenters. The molecule has 4 heteroatoms. The molecule has 0 bridgehead atoms. The Morgan fingerprint density at radius 3 is 0.764 bits per heavy atom. The molecule has 0 radical (unpaired) electrons. The zero-order valence-electron chi connectivity index (χ0n) is 49.5. The van der Waals surface area contributed by atoms with Gasteiger partial charge in [0.1, 0.15) is 0 Å². The third-order valence-electron chi connectivity index (χ3n) is 15.9. The minimum absolute atomic E-state index is 0.0555. The van der Waals surface area contributed by atoms with E-state index in [0.29, 0.717) is 6.42 Å². The van der Waals surface area contributed by atoms with Crippen molar-refractivity contribution in [1.29, 1.82) is 0 Å². The minimum atomic E-state index is -0.839. The van der Waals surface area contributed by atoms with E-state index in [0.717, 1.165) is 25.7 Å². The number of hydrogen-bond donors (Lipinski definition) is 3. The van der Waals surface area contributed by atoms with Crippen molar-refractivity contribution in [2.24, 2.45) is 0 Å².